The number of aromatic nitrogens is 3. The molecule has 31 heavy (non-hydrogen) atoms. The van der Waals surface area contributed by atoms with Crippen LogP contribution in [-0.2, 0) is 11.3 Å². The second kappa shape index (κ2) is 8.14. The molecular weight excluding hydrogens is 402 g/mol. The van der Waals surface area contributed by atoms with Gasteiger partial charge in [0.2, 0.25) is 5.91 Å². The Morgan fingerprint density at radius 2 is 1.87 bits per heavy atom. The zero-order valence-electron chi connectivity index (χ0n) is 17.0. The van der Waals surface area contributed by atoms with E-state index >= 15 is 0 Å². The average Bonchev–Trinajstić information content (AvgIpc) is 3.10. The third-order valence-electron chi connectivity index (χ3n) is 4.96. The van der Waals surface area contributed by atoms with E-state index in [9.17, 15) is 18.4 Å². The number of nitrogens with zero attached hydrogens (tertiary/aromatic N) is 3. The smallest absolute Gasteiger partial charge is 0.278 e. The van der Waals surface area contributed by atoms with Crippen molar-refractivity contribution in [3.63, 3.8) is 0 Å². The molecule has 0 spiro atoms. The molecule has 0 aliphatic rings. The van der Waals surface area contributed by atoms with Gasteiger partial charge in [-0.3, -0.25) is 14.2 Å². The van der Waals surface area contributed by atoms with Crippen LogP contribution in [0.3, 0.4) is 0 Å². The van der Waals surface area contributed by atoms with Crippen molar-refractivity contribution in [2.24, 2.45) is 0 Å². The van der Waals surface area contributed by atoms with Gasteiger partial charge in [0.25, 0.3) is 5.56 Å². The summed E-state index contributed by atoms with van der Waals surface area (Å²) >= 11 is 0. The van der Waals surface area contributed by atoms with Crippen molar-refractivity contribution < 1.29 is 13.6 Å². The summed E-state index contributed by atoms with van der Waals surface area (Å²) in [6.07, 6.45) is 3.19. The van der Waals surface area contributed by atoms with Crippen LogP contribution in [0.2, 0.25) is 0 Å². The van der Waals surface area contributed by atoms with Crippen molar-refractivity contribution in [2.45, 2.75) is 26.4 Å². The monoisotopic (exact) mass is 422 g/mol. The summed E-state index contributed by atoms with van der Waals surface area (Å²) in [6, 6.07) is 12.2. The molecular formula is C23H20F2N4O2. The first-order valence-corrected chi connectivity index (χ1v) is 9.75. The lowest BCUT2D eigenvalue weighted by Gasteiger charge is -2.11. The Morgan fingerprint density at radius 3 is 2.55 bits per heavy atom. The highest BCUT2D eigenvalue weighted by Crippen LogP contribution is 2.28. The number of carbonyl (C=O) groups is 1. The van der Waals surface area contributed by atoms with Gasteiger partial charge >= 0.3 is 0 Å². The maximum atomic E-state index is 13.9. The van der Waals surface area contributed by atoms with E-state index in [-0.39, 0.29) is 29.3 Å². The molecule has 0 saturated carbocycles. The number of nitrogens with one attached hydrogen (secondary N) is 1. The maximum absolute atomic E-state index is 13.9. The summed E-state index contributed by atoms with van der Waals surface area (Å²) in [5.74, 6) is -2.17. The molecule has 6 nitrogen and oxygen atoms in total. The number of carbonyl (C=O) groups excluding carboxylic acids is 1. The minimum atomic E-state index is -0.875. The molecule has 4 aromatic rings. The van der Waals surface area contributed by atoms with Crippen LogP contribution < -0.4 is 10.9 Å². The molecule has 0 aliphatic carbocycles. The molecule has 0 radical (unpaired) electrons. The van der Waals surface area contributed by atoms with Gasteiger partial charge in [0.1, 0.15) is 29.2 Å². The summed E-state index contributed by atoms with van der Waals surface area (Å²) in [7, 11) is 0. The summed E-state index contributed by atoms with van der Waals surface area (Å²) in [6.45, 7) is 3.49. The Balaban J connectivity index is 1.78. The molecule has 158 valence electrons. The SMILES string of the molecule is CC(C)n1cnc2c(-c3ccccc3)cn(CC(=O)Nc3ccc(F)cc3F)c2c1=O. The van der Waals surface area contributed by atoms with E-state index in [2.05, 4.69) is 10.3 Å². The first-order valence-electron chi connectivity index (χ1n) is 9.75. The van der Waals surface area contributed by atoms with Crippen LogP contribution in [0.4, 0.5) is 14.5 Å². The van der Waals surface area contributed by atoms with E-state index in [0.29, 0.717) is 17.1 Å². The van der Waals surface area contributed by atoms with Crippen molar-refractivity contribution >= 4 is 22.6 Å². The quantitative estimate of drug-likeness (QED) is 0.520. The van der Waals surface area contributed by atoms with Crippen LogP contribution in [-0.4, -0.2) is 20.0 Å². The van der Waals surface area contributed by atoms with E-state index in [1.807, 2.05) is 44.2 Å². The van der Waals surface area contributed by atoms with Crippen molar-refractivity contribution in [1.29, 1.82) is 0 Å². The third-order valence-corrected chi connectivity index (χ3v) is 4.96. The Morgan fingerprint density at radius 1 is 1.13 bits per heavy atom. The van der Waals surface area contributed by atoms with Gasteiger partial charge in [0, 0.05) is 23.9 Å². The van der Waals surface area contributed by atoms with Crippen molar-refractivity contribution in [3.05, 3.63) is 83.0 Å². The van der Waals surface area contributed by atoms with Crippen molar-refractivity contribution in [1.82, 2.24) is 14.1 Å². The molecule has 2 heterocycles. The van der Waals surface area contributed by atoms with E-state index in [4.69, 9.17) is 0 Å². The van der Waals surface area contributed by atoms with Crippen LogP contribution >= 0.6 is 0 Å². The van der Waals surface area contributed by atoms with Crippen molar-refractivity contribution in [2.75, 3.05) is 5.32 Å². The second-order valence-electron chi connectivity index (χ2n) is 7.46. The Kier molecular flexibility index (Phi) is 5.37. The zero-order valence-corrected chi connectivity index (χ0v) is 17.0. The van der Waals surface area contributed by atoms with Gasteiger partial charge in [-0.2, -0.15) is 0 Å². The first-order chi connectivity index (χ1) is 14.8. The lowest BCUT2D eigenvalue weighted by Crippen LogP contribution is -2.26. The Hall–Kier alpha value is -3.81. The van der Waals surface area contributed by atoms with Gasteiger partial charge in [-0.15, -0.1) is 0 Å². The molecule has 4 rings (SSSR count). The minimum absolute atomic E-state index is 0.116. The molecule has 2 aromatic carbocycles. The number of anilines is 1. The molecule has 8 heteroatoms. The number of hydrogen-bond donors (Lipinski definition) is 1. The molecule has 1 amide bonds. The van der Waals surface area contributed by atoms with Gasteiger partial charge in [-0.1, -0.05) is 30.3 Å². The number of benzene rings is 2. The fourth-order valence-electron chi connectivity index (χ4n) is 3.45. The van der Waals surface area contributed by atoms with Crippen molar-refractivity contribution in [3.8, 4) is 11.1 Å². The van der Waals surface area contributed by atoms with Gasteiger partial charge in [0.05, 0.1) is 12.0 Å². The number of rotatable bonds is 5. The first kappa shape index (κ1) is 20.5. The maximum Gasteiger partial charge on any atom is 0.278 e. The number of hydrogen-bond acceptors (Lipinski definition) is 3. The predicted octanol–water partition coefficient (Wildman–Crippen LogP) is 4.36. The van der Waals surface area contributed by atoms with Gasteiger partial charge in [-0.25, -0.2) is 13.8 Å². The highest BCUT2D eigenvalue weighted by molar-refractivity contribution is 5.95. The highest BCUT2D eigenvalue weighted by atomic mass is 19.1. The lowest BCUT2D eigenvalue weighted by atomic mass is 10.1. The standard InChI is InChI=1S/C23H20F2N4O2/c1-14(2)29-13-26-21-17(15-6-4-3-5-7-15)11-28(22(21)23(29)31)12-20(30)27-19-9-8-16(24)10-18(19)25/h3-11,13-14H,12H2,1-2H3,(H,27,30). The number of amides is 1. The zero-order chi connectivity index (χ0) is 22.1. The fraction of sp³-hybridized carbons (Fsp3) is 0.174. The molecule has 0 bridgehead atoms. The highest BCUT2D eigenvalue weighted by Gasteiger charge is 2.19. The molecule has 0 aliphatic heterocycles. The summed E-state index contributed by atoms with van der Waals surface area (Å²) in [5, 5.41) is 2.43. The van der Waals surface area contributed by atoms with Crippen LogP contribution in [0.1, 0.15) is 19.9 Å². The minimum Gasteiger partial charge on any atom is -0.332 e. The summed E-state index contributed by atoms with van der Waals surface area (Å²) < 4.78 is 30.0. The van der Waals surface area contributed by atoms with Crippen LogP contribution in [0, 0.1) is 11.6 Å². The predicted molar refractivity (Wildman–Crippen MR) is 115 cm³/mol. The second-order valence-corrected chi connectivity index (χ2v) is 7.46. The van der Waals surface area contributed by atoms with E-state index < -0.39 is 17.5 Å². The van der Waals surface area contributed by atoms with Gasteiger partial charge in [0.15, 0.2) is 0 Å². The average molecular weight is 422 g/mol. The van der Waals surface area contributed by atoms with Crippen LogP contribution in [0.25, 0.3) is 22.2 Å². The van der Waals surface area contributed by atoms with E-state index in [1.165, 1.54) is 15.5 Å². The third kappa shape index (κ3) is 3.96. The molecule has 0 saturated heterocycles. The molecule has 0 atom stereocenters. The topological polar surface area (TPSA) is 68.9 Å². The summed E-state index contributed by atoms with van der Waals surface area (Å²) in [5.41, 5.74) is 1.92. The van der Waals surface area contributed by atoms with Crippen LogP contribution in [0.15, 0.2) is 65.8 Å². The fourth-order valence-corrected chi connectivity index (χ4v) is 3.45. The van der Waals surface area contributed by atoms with E-state index in [1.54, 1.807) is 6.20 Å². The van der Waals surface area contributed by atoms with Gasteiger partial charge < -0.3 is 9.88 Å². The molecule has 2 aromatic heterocycles. The molecule has 0 fully saturated rings. The van der Waals surface area contributed by atoms with Gasteiger partial charge in [-0.05, 0) is 31.5 Å². The Labute approximate surface area is 176 Å². The molecule has 1 N–H and O–H groups in total. The largest absolute Gasteiger partial charge is 0.332 e. The number of fused-ring (bicyclic) bond motifs is 1. The number of halogens is 2. The van der Waals surface area contributed by atoms with E-state index in [0.717, 1.165) is 17.7 Å². The normalized spacial score (nSPS) is 11.3. The lowest BCUT2D eigenvalue weighted by molar-refractivity contribution is -0.116. The summed E-state index contributed by atoms with van der Waals surface area (Å²) in [4.78, 5) is 30.2. The molecule has 0 unspecified atom stereocenters. The Bertz CT molecular complexity index is 1330. The van der Waals surface area contributed by atoms with Crippen LogP contribution in [0.5, 0.6) is 0 Å².